The third-order valence-corrected chi connectivity index (χ3v) is 4.82. The van der Waals surface area contributed by atoms with E-state index in [1.807, 2.05) is 12.1 Å². The molecule has 22 heavy (non-hydrogen) atoms. The van der Waals surface area contributed by atoms with E-state index in [0.717, 1.165) is 38.3 Å². The topological polar surface area (TPSA) is 44.4 Å². The summed E-state index contributed by atoms with van der Waals surface area (Å²) >= 11 is 0. The van der Waals surface area contributed by atoms with E-state index in [0.29, 0.717) is 12.3 Å². The molecule has 4 heteroatoms. The molecule has 4 nitrogen and oxygen atoms in total. The average Bonchev–Trinajstić information content (AvgIpc) is 3.08. The van der Waals surface area contributed by atoms with Gasteiger partial charge in [0.1, 0.15) is 0 Å². The summed E-state index contributed by atoms with van der Waals surface area (Å²) in [6.07, 6.45) is 6.64. The van der Waals surface area contributed by atoms with E-state index in [-0.39, 0.29) is 5.91 Å². The van der Waals surface area contributed by atoms with Gasteiger partial charge in [-0.2, -0.15) is 0 Å². The van der Waals surface area contributed by atoms with Crippen molar-refractivity contribution in [1.29, 1.82) is 0 Å². The fourth-order valence-corrected chi connectivity index (χ4v) is 3.50. The lowest BCUT2D eigenvalue weighted by atomic mass is 10.0. The minimum Gasteiger partial charge on any atom is -0.370 e. The SMILES string of the molecule is O=C(CCC1CCNC1)Nc1ccccc1N1CCCCC1. The van der Waals surface area contributed by atoms with E-state index < -0.39 is 0 Å². The number of hydrogen-bond donors (Lipinski definition) is 2. The molecule has 1 amide bonds. The molecule has 0 saturated carbocycles. The van der Waals surface area contributed by atoms with Gasteiger partial charge >= 0.3 is 0 Å². The Morgan fingerprint density at radius 1 is 1.23 bits per heavy atom. The van der Waals surface area contributed by atoms with Crippen molar-refractivity contribution in [1.82, 2.24) is 5.32 Å². The number of nitrogens with one attached hydrogen (secondary N) is 2. The maximum absolute atomic E-state index is 12.3. The molecule has 1 aromatic carbocycles. The van der Waals surface area contributed by atoms with Crippen molar-refractivity contribution in [2.24, 2.45) is 5.92 Å². The van der Waals surface area contributed by atoms with Crippen molar-refractivity contribution in [3.63, 3.8) is 0 Å². The first-order valence-electron chi connectivity index (χ1n) is 8.67. The summed E-state index contributed by atoms with van der Waals surface area (Å²) in [5.74, 6) is 0.819. The average molecular weight is 301 g/mol. The zero-order chi connectivity index (χ0) is 15.2. The standard InChI is InChI=1S/C18H27N3O/c22-18(9-8-15-10-11-19-14-15)20-16-6-2-3-7-17(16)21-12-4-1-5-13-21/h2-3,6-7,15,19H,1,4-5,8-14H2,(H,20,22). The minimum atomic E-state index is 0.149. The molecule has 2 fully saturated rings. The molecule has 2 N–H and O–H groups in total. The number of anilines is 2. The van der Waals surface area contributed by atoms with Gasteiger partial charge in [-0.3, -0.25) is 4.79 Å². The lowest BCUT2D eigenvalue weighted by Gasteiger charge is -2.30. The van der Waals surface area contributed by atoms with Crippen molar-refractivity contribution in [3.05, 3.63) is 24.3 Å². The summed E-state index contributed by atoms with van der Waals surface area (Å²) in [7, 11) is 0. The second-order valence-corrected chi connectivity index (χ2v) is 6.51. The highest BCUT2D eigenvalue weighted by molar-refractivity contribution is 5.94. The van der Waals surface area contributed by atoms with E-state index in [1.165, 1.54) is 31.4 Å². The zero-order valence-corrected chi connectivity index (χ0v) is 13.3. The number of carbonyl (C=O) groups excluding carboxylic acids is 1. The van der Waals surface area contributed by atoms with Gasteiger partial charge < -0.3 is 15.5 Å². The Hall–Kier alpha value is -1.55. The van der Waals surface area contributed by atoms with Crippen LogP contribution in [0.2, 0.25) is 0 Å². The predicted octanol–water partition coefficient (Wildman–Crippen LogP) is 3.01. The van der Waals surface area contributed by atoms with Crippen LogP contribution in [0, 0.1) is 5.92 Å². The molecule has 1 unspecified atom stereocenters. The zero-order valence-electron chi connectivity index (χ0n) is 13.3. The van der Waals surface area contributed by atoms with E-state index in [9.17, 15) is 4.79 Å². The van der Waals surface area contributed by atoms with Crippen LogP contribution in [0.15, 0.2) is 24.3 Å². The lowest BCUT2D eigenvalue weighted by Crippen LogP contribution is -2.30. The largest absolute Gasteiger partial charge is 0.370 e. The fraction of sp³-hybridized carbons (Fsp3) is 0.611. The molecule has 0 aliphatic carbocycles. The number of para-hydroxylation sites is 2. The number of amides is 1. The maximum Gasteiger partial charge on any atom is 0.224 e. The third kappa shape index (κ3) is 4.01. The normalized spacial score (nSPS) is 21.8. The maximum atomic E-state index is 12.3. The van der Waals surface area contributed by atoms with Crippen LogP contribution >= 0.6 is 0 Å². The lowest BCUT2D eigenvalue weighted by molar-refractivity contribution is -0.116. The van der Waals surface area contributed by atoms with Crippen LogP contribution in [-0.2, 0) is 4.79 Å². The number of nitrogens with zero attached hydrogens (tertiary/aromatic N) is 1. The molecule has 2 heterocycles. The quantitative estimate of drug-likeness (QED) is 0.878. The van der Waals surface area contributed by atoms with Crippen molar-refractivity contribution in [2.45, 2.75) is 38.5 Å². The van der Waals surface area contributed by atoms with E-state index in [2.05, 4.69) is 27.7 Å². The molecule has 0 bridgehead atoms. The van der Waals surface area contributed by atoms with E-state index >= 15 is 0 Å². The number of carbonyl (C=O) groups is 1. The smallest absolute Gasteiger partial charge is 0.224 e. The molecule has 0 spiro atoms. The molecular weight excluding hydrogens is 274 g/mol. The van der Waals surface area contributed by atoms with Gasteiger partial charge in [-0.25, -0.2) is 0 Å². The second kappa shape index (κ2) is 7.63. The molecule has 1 atom stereocenters. The Labute approximate surface area is 133 Å². The van der Waals surface area contributed by atoms with Crippen LogP contribution in [0.4, 0.5) is 11.4 Å². The summed E-state index contributed by atoms with van der Waals surface area (Å²) in [4.78, 5) is 14.7. The minimum absolute atomic E-state index is 0.149. The van der Waals surface area contributed by atoms with Crippen molar-refractivity contribution < 1.29 is 4.79 Å². The van der Waals surface area contributed by atoms with Gasteiger partial charge in [0.25, 0.3) is 0 Å². The van der Waals surface area contributed by atoms with Crippen molar-refractivity contribution >= 4 is 17.3 Å². The first-order valence-corrected chi connectivity index (χ1v) is 8.67. The molecule has 120 valence electrons. The van der Waals surface area contributed by atoms with E-state index in [4.69, 9.17) is 0 Å². The summed E-state index contributed by atoms with van der Waals surface area (Å²) in [6, 6.07) is 8.22. The van der Waals surface area contributed by atoms with Gasteiger partial charge in [0.15, 0.2) is 0 Å². The van der Waals surface area contributed by atoms with Gasteiger partial charge in [0.05, 0.1) is 11.4 Å². The Kier molecular flexibility index (Phi) is 5.33. The van der Waals surface area contributed by atoms with Gasteiger partial charge in [-0.05, 0) is 63.2 Å². The highest BCUT2D eigenvalue weighted by atomic mass is 16.1. The summed E-state index contributed by atoms with van der Waals surface area (Å²) in [5, 5.41) is 6.49. The highest BCUT2D eigenvalue weighted by Crippen LogP contribution is 2.28. The van der Waals surface area contributed by atoms with Crippen LogP contribution in [0.25, 0.3) is 0 Å². The van der Waals surface area contributed by atoms with Crippen LogP contribution in [0.1, 0.15) is 38.5 Å². The first kappa shape index (κ1) is 15.3. The number of hydrogen-bond acceptors (Lipinski definition) is 3. The third-order valence-electron chi connectivity index (χ3n) is 4.82. The molecule has 0 radical (unpaired) electrons. The van der Waals surface area contributed by atoms with Crippen molar-refractivity contribution in [3.8, 4) is 0 Å². The van der Waals surface area contributed by atoms with Gasteiger partial charge in [0, 0.05) is 19.5 Å². The highest BCUT2D eigenvalue weighted by Gasteiger charge is 2.18. The summed E-state index contributed by atoms with van der Waals surface area (Å²) < 4.78 is 0. The predicted molar refractivity (Wildman–Crippen MR) is 91.3 cm³/mol. The Morgan fingerprint density at radius 2 is 2.05 bits per heavy atom. The summed E-state index contributed by atoms with van der Waals surface area (Å²) in [5.41, 5.74) is 2.15. The molecule has 2 saturated heterocycles. The fourth-order valence-electron chi connectivity index (χ4n) is 3.50. The number of rotatable bonds is 5. The van der Waals surface area contributed by atoms with Gasteiger partial charge in [-0.15, -0.1) is 0 Å². The molecule has 2 aliphatic rings. The van der Waals surface area contributed by atoms with Crippen LogP contribution in [0.3, 0.4) is 0 Å². The molecule has 3 rings (SSSR count). The van der Waals surface area contributed by atoms with Crippen LogP contribution < -0.4 is 15.5 Å². The van der Waals surface area contributed by atoms with Gasteiger partial charge in [0.2, 0.25) is 5.91 Å². The molecule has 0 aromatic heterocycles. The first-order chi connectivity index (χ1) is 10.8. The van der Waals surface area contributed by atoms with Crippen molar-refractivity contribution in [2.75, 3.05) is 36.4 Å². The molecule has 2 aliphatic heterocycles. The van der Waals surface area contributed by atoms with Crippen LogP contribution in [0.5, 0.6) is 0 Å². The number of benzene rings is 1. The monoisotopic (exact) mass is 301 g/mol. The molecular formula is C18H27N3O. The van der Waals surface area contributed by atoms with Crippen LogP contribution in [-0.4, -0.2) is 32.1 Å². The summed E-state index contributed by atoms with van der Waals surface area (Å²) in [6.45, 7) is 4.36. The Balaban J connectivity index is 1.57. The Bertz CT molecular complexity index is 491. The van der Waals surface area contributed by atoms with E-state index in [1.54, 1.807) is 0 Å². The second-order valence-electron chi connectivity index (χ2n) is 6.51. The Morgan fingerprint density at radius 3 is 2.82 bits per heavy atom. The molecule has 1 aromatic rings. The number of piperidine rings is 1. The van der Waals surface area contributed by atoms with Gasteiger partial charge in [-0.1, -0.05) is 12.1 Å².